The second kappa shape index (κ2) is 8.95. The molecule has 0 spiro atoms. The van der Waals surface area contributed by atoms with Gasteiger partial charge in [-0.15, -0.1) is 0 Å². The Labute approximate surface area is 164 Å². The van der Waals surface area contributed by atoms with Crippen molar-refractivity contribution in [3.8, 4) is 6.07 Å². The molecule has 27 heavy (non-hydrogen) atoms. The summed E-state index contributed by atoms with van der Waals surface area (Å²) in [6, 6.07) is 28.7. The van der Waals surface area contributed by atoms with E-state index in [0.29, 0.717) is 10.7 Å². The van der Waals surface area contributed by atoms with Crippen molar-refractivity contribution in [2.45, 2.75) is 12.1 Å². The van der Waals surface area contributed by atoms with Gasteiger partial charge >= 0.3 is 0 Å². The van der Waals surface area contributed by atoms with Gasteiger partial charge < -0.3 is 16.4 Å². The Morgan fingerprint density at radius 2 is 1.41 bits per heavy atom. The van der Waals surface area contributed by atoms with Gasteiger partial charge in [0.25, 0.3) is 0 Å². The summed E-state index contributed by atoms with van der Waals surface area (Å²) in [5.74, 6) is 0. The minimum Gasteiger partial charge on any atom is -0.354 e. The van der Waals surface area contributed by atoms with Gasteiger partial charge in [-0.1, -0.05) is 60.7 Å². The van der Waals surface area contributed by atoms with Gasteiger partial charge in [0.1, 0.15) is 0 Å². The fourth-order valence-corrected chi connectivity index (χ4v) is 3.09. The van der Waals surface area contributed by atoms with E-state index in [1.54, 1.807) is 12.1 Å². The lowest BCUT2D eigenvalue weighted by atomic mass is 9.94. The van der Waals surface area contributed by atoms with Crippen LogP contribution in [0.2, 0.25) is 0 Å². The average Bonchev–Trinajstić information content (AvgIpc) is 2.73. The smallest absolute Gasteiger partial charge is 0.171 e. The highest BCUT2D eigenvalue weighted by molar-refractivity contribution is 7.80. The number of nitrogens with one attached hydrogen (secondary N) is 2. The minimum atomic E-state index is -0.269. The van der Waals surface area contributed by atoms with Crippen LogP contribution in [-0.4, -0.2) is 5.11 Å². The first-order valence-corrected chi connectivity index (χ1v) is 9.01. The van der Waals surface area contributed by atoms with Crippen molar-refractivity contribution >= 4 is 23.0 Å². The van der Waals surface area contributed by atoms with E-state index in [9.17, 15) is 0 Å². The summed E-state index contributed by atoms with van der Waals surface area (Å²) in [5.41, 5.74) is 10.1. The Bertz CT molecular complexity index is 918. The molecule has 0 saturated heterocycles. The first-order chi connectivity index (χ1) is 13.2. The standard InChI is InChI=1S/C22H20N4S/c23-15-16-11-13-19(14-12-16)25-22(27)26-21(18-9-5-2-6-10-18)20(24)17-7-3-1-4-8-17/h1-14,20-21H,24H2,(H2,25,26,27)/t20-,21-/m1/s1. The summed E-state index contributed by atoms with van der Waals surface area (Å²) in [5, 5.41) is 15.9. The molecule has 0 aliphatic carbocycles. The Morgan fingerprint density at radius 1 is 0.852 bits per heavy atom. The van der Waals surface area contributed by atoms with E-state index in [2.05, 4.69) is 16.7 Å². The van der Waals surface area contributed by atoms with Crippen molar-refractivity contribution in [2.24, 2.45) is 5.73 Å². The van der Waals surface area contributed by atoms with Crippen molar-refractivity contribution in [1.82, 2.24) is 5.32 Å². The van der Waals surface area contributed by atoms with Crippen LogP contribution < -0.4 is 16.4 Å². The highest BCUT2D eigenvalue weighted by atomic mass is 32.1. The maximum absolute atomic E-state index is 8.90. The molecule has 5 heteroatoms. The predicted octanol–water partition coefficient (Wildman–Crippen LogP) is 4.29. The topological polar surface area (TPSA) is 73.9 Å². The molecule has 4 nitrogen and oxygen atoms in total. The van der Waals surface area contributed by atoms with Crippen LogP contribution in [0.4, 0.5) is 5.69 Å². The summed E-state index contributed by atoms with van der Waals surface area (Å²) in [4.78, 5) is 0. The van der Waals surface area contributed by atoms with Gasteiger partial charge in [0, 0.05) is 5.69 Å². The number of nitrogens with two attached hydrogens (primary N) is 1. The van der Waals surface area contributed by atoms with Crippen molar-refractivity contribution < 1.29 is 0 Å². The van der Waals surface area contributed by atoms with Gasteiger partial charge in [0.2, 0.25) is 0 Å². The molecule has 3 aromatic carbocycles. The minimum absolute atomic E-state index is 0.188. The summed E-state index contributed by atoms with van der Waals surface area (Å²) in [7, 11) is 0. The number of nitrogens with zero attached hydrogens (tertiary/aromatic N) is 1. The lowest BCUT2D eigenvalue weighted by molar-refractivity contribution is 0.527. The lowest BCUT2D eigenvalue weighted by Gasteiger charge is -2.27. The number of anilines is 1. The van der Waals surface area contributed by atoms with Gasteiger partial charge in [-0.2, -0.15) is 5.26 Å². The molecule has 0 saturated carbocycles. The van der Waals surface area contributed by atoms with E-state index in [4.69, 9.17) is 23.2 Å². The molecule has 3 aromatic rings. The first-order valence-electron chi connectivity index (χ1n) is 8.60. The second-order valence-corrected chi connectivity index (χ2v) is 6.52. The zero-order valence-electron chi connectivity index (χ0n) is 14.7. The first kappa shape index (κ1) is 18.6. The van der Waals surface area contributed by atoms with Crippen LogP contribution in [0.25, 0.3) is 0 Å². The molecule has 0 radical (unpaired) electrons. The summed E-state index contributed by atoms with van der Waals surface area (Å²) in [6.45, 7) is 0. The molecule has 134 valence electrons. The van der Waals surface area contributed by atoms with Gasteiger partial charge in [-0.05, 0) is 47.6 Å². The number of nitriles is 1. The summed E-state index contributed by atoms with van der Waals surface area (Å²) in [6.07, 6.45) is 0. The number of benzene rings is 3. The molecule has 0 aliphatic heterocycles. The number of thiocarbonyl (C=S) groups is 1. The number of hydrogen-bond acceptors (Lipinski definition) is 3. The largest absolute Gasteiger partial charge is 0.354 e. The zero-order chi connectivity index (χ0) is 19.1. The van der Waals surface area contributed by atoms with Crippen LogP contribution in [-0.2, 0) is 0 Å². The average molecular weight is 372 g/mol. The zero-order valence-corrected chi connectivity index (χ0v) is 15.5. The number of hydrogen-bond donors (Lipinski definition) is 3. The summed E-state index contributed by atoms with van der Waals surface area (Å²) < 4.78 is 0. The normalized spacial score (nSPS) is 12.4. The highest BCUT2D eigenvalue weighted by Crippen LogP contribution is 2.27. The molecule has 0 heterocycles. The van der Waals surface area contributed by atoms with Crippen LogP contribution >= 0.6 is 12.2 Å². The van der Waals surface area contributed by atoms with Gasteiger partial charge in [0.05, 0.1) is 23.7 Å². The van der Waals surface area contributed by atoms with Crippen LogP contribution in [0.3, 0.4) is 0 Å². The predicted molar refractivity (Wildman–Crippen MR) is 113 cm³/mol. The SMILES string of the molecule is N#Cc1ccc(NC(=S)N[C@H](c2ccccc2)[C@H](N)c2ccccc2)cc1. The van der Waals surface area contributed by atoms with Crippen molar-refractivity contribution in [1.29, 1.82) is 5.26 Å². The van der Waals surface area contributed by atoms with Gasteiger partial charge in [-0.25, -0.2) is 0 Å². The van der Waals surface area contributed by atoms with Crippen LogP contribution in [0.15, 0.2) is 84.9 Å². The Hall–Kier alpha value is -3.20. The Morgan fingerprint density at radius 3 is 1.96 bits per heavy atom. The fraction of sp³-hybridized carbons (Fsp3) is 0.0909. The van der Waals surface area contributed by atoms with E-state index in [1.165, 1.54) is 0 Å². The fourth-order valence-electron chi connectivity index (χ4n) is 2.85. The molecule has 0 bridgehead atoms. The monoisotopic (exact) mass is 372 g/mol. The molecule has 0 aliphatic rings. The van der Waals surface area contributed by atoms with Crippen molar-refractivity contribution in [3.05, 3.63) is 102 Å². The van der Waals surface area contributed by atoms with E-state index >= 15 is 0 Å². The second-order valence-electron chi connectivity index (χ2n) is 6.11. The van der Waals surface area contributed by atoms with E-state index in [-0.39, 0.29) is 12.1 Å². The third-order valence-electron chi connectivity index (χ3n) is 4.26. The van der Waals surface area contributed by atoms with Gasteiger partial charge in [0.15, 0.2) is 5.11 Å². The maximum Gasteiger partial charge on any atom is 0.171 e. The van der Waals surface area contributed by atoms with Gasteiger partial charge in [-0.3, -0.25) is 0 Å². The van der Waals surface area contributed by atoms with Crippen LogP contribution in [0.5, 0.6) is 0 Å². The molecule has 0 amide bonds. The van der Waals surface area contributed by atoms with E-state index < -0.39 is 0 Å². The molecular formula is C22H20N4S. The maximum atomic E-state index is 8.90. The molecule has 0 unspecified atom stereocenters. The van der Waals surface area contributed by atoms with Crippen LogP contribution in [0.1, 0.15) is 28.8 Å². The van der Waals surface area contributed by atoms with Crippen molar-refractivity contribution in [3.63, 3.8) is 0 Å². The summed E-state index contributed by atoms with van der Waals surface area (Å²) >= 11 is 5.50. The quantitative estimate of drug-likeness (QED) is 0.583. The van der Waals surface area contributed by atoms with Crippen molar-refractivity contribution in [2.75, 3.05) is 5.32 Å². The Kier molecular flexibility index (Phi) is 6.16. The molecule has 0 aromatic heterocycles. The highest BCUT2D eigenvalue weighted by Gasteiger charge is 2.22. The molecule has 2 atom stereocenters. The lowest BCUT2D eigenvalue weighted by Crippen LogP contribution is -2.38. The Balaban J connectivity index is 1.78. The molecular weight excluding hydrogens is 352 g/mol. The molecule has 4 N–H and O–H groups in total. The van der Waals surface area contributed by atoms with E-state index in [1.807, 2.05) is 72.8 Å². The third kappa shape index (κ3) is 4.91. The molecule has 0 fully saturated rings. The molecule has 3 rings (SSSR count). The van der Waals surface area contributed by atoms with Crippen LogP contribution in [0, 0.1) is 11.3 Å². The third-order valence-corrected chi connectivity index (χ3v) is 4.48. The van der Waals surface area contributed by atoms with E-state index in [0.717, 1.165) is 16.8 Å². The number of rotatable bonds is 5.